The zero-order valence-electron chi connectivity index (χ0n) is 7.88. The predicted octanol–water partition coefficient (Wildman–Crippen LogP) is 0.676. The molecule has 1 atom stereocenters. The summed E-state index contributed by atoms with van der Waals surface area (Å²) in [6, 6.07) is 0. The van der Waals surface area contributed by atoms with Crippen molar-refractivity contribution < 1.29 is 9.53 Å². The van der Waals surface area contributed by atoms with Gasteiger partial charge in [-0.15, -0.1) is 0 Å². The Hall–Kier alpha value is -0.930. The summed E-state index contributed by atoms with van der Waals surface area (Å²) in [6.45, 7) is 7.54. The van der Waals surface area contributed by atoms with E-state index in [4.69, 9.17) is 4.74 Å². The SMILES string of the molecule is C=C(C=CC)C(=O)C1CNCCO1. The van der Waals surface area contributed by atoms with E-state index >= 15 is 0 Å². The Balaban J connectivity index is 2.50. The molecule has 0 radical (unpaired) electrons. The van der Waals surface area contributed by atoms with Gasteiger partial charge in [0, 0.05) is 18.7 Å². The summed E-state index contributed by atoms with van der Waals surface area (Å²) in [4.78, 5) is 11.6. The molecule has 1 aliphatic heterocycles. The van der Waals surface area contributed by atoms with Gasteiger partial charge in [-0.1, -0.05) is 18.7 Å². The Bertz CT molecular complexity index is 227. The molecule has 0 aromatic rings. The molecule has 0 aromatic heterocycles. The van der Waals surface area contributed by atoms with Gasteiger partial charge in [0.1, 0.15) is 6.10 Å². The third-order valence-electron chi connectivity index (χ3n) is 1.90. The summed E-state index contributed by atoms with van der Waals surface area (Å²) >= 11 is 0. The maximum Gasteiger partial charge on any atom is 0.192 e. The fourth-order valence-electron chi connectivity index (χ4n) is 1.22. The number of ether oxygens (including phenoxy) is 1. The van der Waals surface area contributed by atoms with Crippen LogP contribution in [0.3, 0.4) is 0 Å². The molecule has 0 aromatic carbocycles. The van der Waals surface area contributed by atoms with Crippen LogP contribution in [-0.2, 0) is 9.53 Å². The van der Waals surface area contributed by atoms with Crippen molar-refractivity contribution in [2.24, 2.45) is 0 Å². The Morgan fingerprint density at radius 2 is 2.46 bits per heavy atom. The van der Waals surface area contributed by atoms with Gasteiger partial charge in [-0.3, -0.25) is 4.79 Å². The van der Waals surface area contributed by atoms with Crippen LogP contribution in [-0.4, -0.2) is 31.6 Å². The van der Waals surface area contributed by atoms with Crippen molar-refractivity contribution in [3.63, 3.8) is 0 Å². The zero-order valence-corrected chi connectivity index (χ0v) is 7.88. The van der Waals surface area contributed by atoms with Crippen molar-refractivity contribution in [1.82, 2.24) is 5.32 Å². The number of hydrogen-bond donors (Lipinski definition) is 1. The minimum absolute atomic E-state index is 0.0229. The molecule has 0 spiro atoms. The number of rotatable bonds is 3. The maximum absolute atomic E-state index is 11.6. The van der Waals surface area contributed by atoms with Crippen LogP contribution in [0, 0.1) is 0 Å². The Morgan fingerprint density at radius 3 is 3.00 bits per heavy atom. The van der Waals surface area contributed by atoms with E-state index in [1.54, 1.807) is 12.2 Å². The molecule has 13 heavy (non-hydrogen) atoms. The van der Waals surface area contributed by atoms with Crippen LogP contribution in [0.2, 0.25) is 0 Å². The monoisotopic (exact) mass is 181 g/mol. The number of ketones is 1. The topological polar surface area (TPSA) is 38.3 Å². The predicted molar refractivity (Wildman–Crippen MR) is 51.6 cm³/mol. The summed E-state index contributed by atoms with van der Waals surface area (Å²) in [5.74, 6) is -0.0229. The molecule has 1 heterocycles. The molecule has 0 amide bonds. The van der Waals surface area contributed by atoms with Gasteiger partial charge in [0.2, 0.25) is 0 Å². The second-order valence-corrected chi connectivity index (χ2v) is 2.95. The highest BCUT2D eigenvalue weighted by Gasteiger charge is 2.22. The zero-order chi connectivity index (χ0) is 9.68. The van der Waals surface area contributed by atoms with E-state index in [-0.39, 0.29) is 11.9 Å². The lowest BCUT2D eigenvalue weighted by molar-refractivity contribution is -0.127. The van der Waals surface area contributed by atoms with Crippen LogP contribution in [0.4, 0.5) is 0 Å². The first-order chi connectivity index (χ1) is 6.25. The lowest BCUT2D eigenvalue weighted by Crippen LogP contribution is -2.43. The van der Waals surface area contributed by atoms with Gasteiger partial charge in [-0.05, 0) is 6.92 Å². The van der Waals surface area contributed by atoms with Crippen molar-refractivity contribution >= 4 is 5.78 Å². The van der Waals surface area contributed by atoms with Crippen LogP contribution < -0.4 is 5.32 Å². The second-order valence-electron chi connectivity index (χ2n) is 2.95. The molecule has 0 bridgehead atoms. The first-order valence-corrected chi connectivity index (χ1v) is 4.44. The molecular weight excluding hydrogens is 166 g/mol. The average Bonchev–Trinajstić information content (AvgIpc) is 2.18. The maximum atomic E-state index is 11.6. The molecular formula is C10H15NO2. The molecule has 0 saturated carbocycles. The lowest BCUT2D eigenvalue weighted by Gasteiger charge is -2.22. The number of morpholine rings is 1. The molecule has 1 saturated heterocycles. The summed E-state index contributed by atoms with van der Waals surface area (Å²) in [6.07, 6.45) is 3.16. The largest absolute Gasteiger partial charge is 0.367 e. The minimum Gasteiger partial charge on any atom is -0.367 e. The fourth-order valence-corrected chi connectivity index (χ4v) is 1.22. The molecule has 1 fully saturated rings. The molecule has 1 unspecified atom stereocenters. The van der Waals surface area contributed by atoms with E-state index in [1.807, 2.05) is 6.92 Å². The molecule has 3 nitrogen and oxygen atoms in total. The molecule has 1 rings (SSSR count). The molecule has 1 N–H and O–H groups in total. The third-order valence-corrected chi connectivity index (χ3v) is 1.90. The highest BCUT2D eigenvalue weighted by atomic mass is 16.5. The highest BCUT2D eigenvalue weighted by molar-refractivity contribution is 6.00. The Labute approximate surface area is 78.5 Å². The van der Waals surface area contributed by atoms with Crippen LogP contribution in [0.5, 0.6) is 0 Å². The summed E-state index contributed by atoms with van der Waals surface area (Å²) in [7, 11) is 0. The Morgan fingerprint density at radius 1 is 1.69 bits per heavy atom. The van der Waals surface area contributed by atoms with Crippen molar-refractivity contribution in [2.45, 2.75) is 13.0 Å². The number of carbonyl (C=O) groups excluding carboxylic acids is 1. The molecule has 3 heteroatoms. The number of hydrogen-bond acceptors (Lipinski definition) is 3. The number of allylic oxidation sites excluding steroid dienone is 2. The van der Waals surface area contributed by atoms with E-state index in [0.717, 1.165) is 6.54 Å². The minimum atomic E-state index is -0.350. The van der Waals surface area contributed by atoms with Gasteiger partial charge in [-0.2, -0.15) is 0 Å². The van der Waals surface area contributed by atoms with Crippen LogP contribution in [0.1, 0.15) is 6.92 Å². The number of carbonyl (C=O) groups is 1. The standard InChI is InChI=1S/C10H15NO2/c1-3-4-8(2)10(12)9-7-11-5-6-13-9/h3-4,9,11H,2,5-7H2,1H3. The van der Waals surface area contributed by atoms with E-state index in [2.05, 4.69) is 11.9 Å². The van der Waals surface area contributed by atoms with Crippen molar-refractivity contribution in [3.05, 3.63) is 24.3 Å². The smallest absolute Gasteiger partial charge is 0.192 e. The van der Waals surface area contributed by atoms with Gasteiger partial charge in [0.15, 0.2) is 5.78 Å². The van der Waals surface area contributed by atoms with Crippen molar-refractivity contribution in [2.75, 3.05) is 19.7 Å². The highest BCUT2D eigenvalue weighted by Crippen LogP contribution is 2.05. The number of nitrogens with one attached hydrogen (secondary N) is 1. The van der Waals surface area contributed by atoms with E-state index in [9.17, 15) is 4.79 Å². The van der Waals surface area contributed by atoms with Gasteiger partial charge in [0.25, 0.3) is 0 Å². The number of Topliss-reactive ketones (excluding diaryl/α,β-unsaturated/α-hetero) is 1. The average molecular weight is 181 g/mol. The lowest BCUT2D eigenvalue weighted by atomic mass is 10.1. The normalized spacial score (nSPS) is 23.3. The summed E-state index contributed by atoms with van der Waals surface area (Å²) < 4.78 is 5.30. The third kappa shape index (κ3) is 2.79. The van der Waals surface area contributed by atoms with Gasteiger partial charge < -0.3 is 10.1 Å². The van der Waals surface area contributed by atoms with Crippen LogP contribution in [0.15, 0.2) is 24.3 Å². The molecule has 72 valence electrons. The first-order valence-electron chi connectivity index (χ1n) is 4.44. The van der Waals surface area contributed by atoms with E-state index < -0.39 is 0 Å². The van der Waals surface area contributed by atoms with E-state index in [0.29, 0.717) is 18.7 Å². The first kappa shape index (κ1) is 10.2. The van der Waals surface area contributed by atoms with E-state index in [1.165, 1.54) is 0 Å². The fraction of sp³-hybridized carbons (Fsp3) is 0.500. The summed E-state index contributed by atoms with van der Waals surface area (Å²) in [5.41, 5.74) is 0.510. The van der Waals surface area contributed by atoms with Crippen molar-refractivity contribution in [3.8, 4) is 0 Å². The van der Waals surface area contributed by atoms with Gasteiger partial charge in [-0.25, -0.2) is 0 Å². The van der Waals surface area contributed by atoms with Crippen LogP contribution >= 0.6 is 0 Å². The second kappa shape index (κ2) is 4.94. The molecule has 0 aliphatic carbocycles. The Kier molecular flexibility index (Phi) is 3.86. The van der Waals surface area contributed by atoms with Crippen LogP contribution in [0.25, 0.3) is 0 Å². The van der Waals surface area contributed by atoms with Crippen molar-refractivity contribution in [1.29, 1.82) is 0 Å². The quantitative estimate of drug-likeness (QED) is 0.514. The van der Waals surface area contributed by atoms with Gasteiger partial charge >= 0.3 is 0 Å². The summed E-state index contributed by atoms with van der Waals surface area (Å²) in [5, 5.41) is 3.10. The molecule has 1 aliphatic rings. The van der Waals surface area contributed by atoms with Gasteiger partial charge in [0.05, 0.1) is 6.61 Å².